The van der Waals surface area contributed by atoms with Crippen molar-refractivity contribution in [1.29, 1.82) is 0 Å². The third-order valence-electron chi connectivity index (χ3n) is 0.712. The van der Waals surface area contributed by atoms with Gasteiger partial charge in [-0.25, -0.2) is 0 Å². The summed E-state index contributed by atoms with van der Waals surface area (Å²) in [5.41, 5.74) is 4.84. The van der Waals surface area contributed by atoms with Gasteiger partial charge in [-0.15, -0.1) is 0 Å². The Kier molecular flexibility index (Phi) is 8.92. The first-order valence-corrected chi connectivity index (χ1v) is 3.26. The van der Waals surface area contributed by atoms with Gasteiger partial charge in [0.1, 0.15) is 6.04 Å². The number of rotatable bonds is 3. The van der Waals surface area contributed by atoms with Crippen LogP contribution >= 0.6 is 0 Å². The maximum Gasteiger partial charge on any atom is 0.321 e. The van der Waals surface area contributed by atoms with Gasteiger partial charge in [0.05, 0.1) is 6.42 Å². The Bertz CT molecular complexity index is 147. The van der Waals surface area contributed by atoms with Gasteiger partial charge in [0, 0.05) is 6.61 Å². The van der Waals surface area contributed by atoms with Gasteiger partial charge in [-0.3, -0.25) is 9.59 Å². The van der Waals surface area contributed by atoms with E-state index >= 15 is 0 Å². The molecular formula is C6H13NO5. The van der Waals surface area contributed by atoms with Crippen LogP contribution in [0.15, 0.2) is 0 Å². The summed E-state index contributed by atoms with van der Waals surface area (Å²) in [6, 6.07) is -1.29. The smallest absolute Gasteiger partial charge is 0.321 e. The summed E-state index contributed by atoms with van der Waals surface area (Å²) < 4.78 is 0. The fourth-order valence-corrected chi connectivity index (χ4v) is 0.275. The molecule has 0 amide bonds. The third-order valence-corrected chi connectivity index (χ3v) is 0.712. The predicted molar refractivity (Wildman–Crippen MR) is 40.6 cm³/mol. The molecule has 0 aliphatic rings. The van der Waals surface area contributed by atoms with Crippen molar-refractivity contribution in [3.63, 3.8) is 0 Å². The van der Waals surface area contributed by atoms with Crippen LogP contribution < -0.4 is 5.73 Å². The number of nitrogens with two attached hydrogens (primary N) is 1. The van der Waals surface area contributed by atoms with E-state index in [9.17, 15) is 9.59 Å². The number of carboxylic acid groups (broad SMARTS) is 2. The minimum absolute atomic E-state index is 0.250. The molecule has 0 rings (SSSR count). The molecule has 6 heteroatoms. The van der Waals surface area contributed by atoms with E-state index in [-0.39, 0.29) is 6.61 Å². The second kappa shape index (κ2) is 7.96. The van der Waals surface area contributed by atoms with Gasteiger partial charge >= 0.3 is 11.9 Å². The summed E-state index contributed by atoms with van der Waals surface area (Å²) in [6.45, 7) is 1.93. The second-order valence-electron chi connectivity index (χ2n) is 1.86. The van der Waals surface area contributed by atoms with E-state index in [1.807, 2.05) is 0 Å². The molecule has 0 radical (unpaired) electrons. The van der Waals surface area contributed by atoms with Crippen LogP contribution in [0.5, 0.6) is 0 Å². The van der Waals surface area contributed by atoms with E-state index in [1.165, 1.54) is 0 Å². The first-order chi connectivity index (χ1) is 5.45. The first kappa shape index (κ1) is 13.4. The van der Waals surface area contributed by atoms with E-state index in [0.717, 1.165) is 0 Å². The van der Waals surface area contributed by atoms with E-state index in [4.69, 9.17) is 21.1 Å². The topological polar surface area (TPSA) is 121 Å². The zero-order valence-electron chi connectivity index (χ0n) is 6.73. The van der Waals surface area contributed by atoms with Gasteiger partial charge in [0.25, 0.3) is 0 Å². The molecule has 0 aliphatic carbocycles. The molecule has 5 N–H and O–H groups in total. The van der Waals surface area contributed by atoms with Crippen molar-refractivity contribution in [3.8, 4) is 0 Å². The maximum absolute atomic E-state index is 9.85. The van der Waals surface area contributed by atoms with Crippen molar-refractivity contribution >= 4 is 11.9 Å². The molecule has 0 aromatic carbocycles. The van der Waals surface area contributed by atoms with E-state index < -0.39 is 24.4 Å². The van der Waals surface area contributed by atoms with Crippen molar-refractivity contribution in [1.82, 2.24) is 0 Å². The molecular weight excluding hydrogens is 166 g/mol. The van der Waals surface area contributed by atoms with Crippen LogP contribution in [0.1, 0.15) is 13.3 Å². The van der Waals surface area contributed by atoms with Crippen LogP contribution in [0.4, 0.5) is 0 Å². The Balaban J connectivity index is 0. The molecule has 0 fully saturated rings. The standard InChI is InChI=1S/C4H7NO4.C2H6O/c5-2(4(8)9)1-3(6)7;1-2-3/h2H,1,5H2,(H,6,7)(H,8,9);3H,2H2,1H3. The Morgan fingerprint density at radius 3 is 1.83 bits per heavy atom. The SMILES string of the molecule is CCO.NC(CC(=O)O)C(=O)O. The quantitative estimate of drug-likeness (QED) is 0.435. The van der Waals surface area contributed by atoms with Gasteiger partial charge in [-0.1, -0.05) is 0 Å². The Hall–Kier alpha value is -1.14. The van der Waals surface area contributed by atoms with Crippen LogP contribution in [0.2, 0.25) is 0 Å². The lowest BCUT2D eigenvalue weighted by Crippen LogP contribution is -2.32. The Morgan fingerprint density at radius 1 is 1.42 bits per heavy atom. The fraction of sp³-hybridized carbons (Fsp3) is 0.667. The highest BCUT2D eigenvalue weighted by Gasteiger charge is 2.14. The number of hydrogen-bond acceptors (Lipinski definition) is 4. The molecule has 0 spiro atoms. The zero-order chi connectivity index (χ0) is 10.1. The number of hydrogen-bond donors (Lipinski definition) is 4. The molecule has 6 nitrogen and oxygen atoms in total. The number of carbonyl (C=O) groups is 2. The van der Waals surface area contributed by atoms with Crippen LogP contribution in [0.3, 0.4) is 0 Å². The lowest BCUT2D eigenvalue weighted by Gasteiger charge is -1.99. The molecule has 0 saturated carbocycles. The largest absolute Gasteiger partial charge is 0.481 e. The molecule has 12 heavy (non-hydrogen) atoms. The van der Waals surface area contributed by atoms with Crippen LogP contribution in [-0.4, -0.2) is 39.9 Å². The molecule has 1 atom stereocenters. The summed E-state index contributed by atoms with van der Waals surface area (Å²) >= 11 is 0. The van der Waals surface area contributed by atoms with Crippen molar-refractivity contribution < 1.29 is 24.9 Å². The lowest BCUT2D eigenvalue weighted by atomic mass is 10.2. The highest BCUT2D eigenvalue weighted by molar-refractivity contribution is 5.80. The summed E-state index contributed by atoms with van der Waals surface area (Å²) in [6.07, 6.45) is -0.532. The molecule has 1 unspecified atom stereocenters. The van der Waals surface area contributed by atoms with Gasteiger partial charge in [-0.2, -0.15) is 0 Å². The molecule has 0 bridgehead atoms. The second-order valence-corrected chi connectivity index (χ2v) is 1.86. The predicted octanol–water partition coefficient (Wildman–Crippen LogP) is -1.13. The average Bonchev–Trinajstić information content (AvgIpc) is 1.87. The minimum atomic E-state index is -1.29. The van der Waals surface area contributed by atoms with Gasteiger partial charge in [-0.05, 0) is 6.92 Å². The first-order valence-electron chi connectivity index (χ1n) is 3.26. The van der Waals surface area contributed by atoms with Gasteiger partial charge in [0.15, 0.2) is 0 Å². The highest BCUT2D eigenvalue weighted by Crippen LogP contribution is 1.86. The number of aliphatic carboxylic acids is 2. The van der Waals surface area contributed by atoms with Crippen molar-refractivity contribution in [3.05, 3.63) is 0 Å². The maximum atomic E-state index is 9.85. The molecule has 0 heterocycles. The molecule has 72 valence electrons. The normalized spacial score (nSPS) is 10.9. The third kappa shape index (κ3) is 11.6. The minimum Gasteiger partial charge on any atom is -0.481 e. The molecule has 0 aliphatic heterocycles. The van der Waals surface area contributed by atoms with E-state index in [1.54, 1.807) is 6.92 Å². The van der Waals surface area contributed by atoms with Gasteiger partial charge in [0.2, 0.25) is 0 Å². The van der Waals surface area contributed by atoms with E-state index in [0.29, 0.717) is 0 Å². The summed E-state index contributed by atoms with van der Waals surface area (Å²) in [5, 5.41) is 23.6. The van der Waals surface area contributed by atoms with Gasteiger partial charge < -0.3 is 21.1 Å². The lowest BCUT2D eigenvalue weighted by molar-refractivity contribution is -0.144. The Labute approximate surface area is 69.6 Å². The van der Waals surface area contributed by atoms with Crippen molar-refractivity contribution in [2.45, 2.75) is 19.4 Å². The molecule has 0 aromatic rings. The highest BCUT2D eigenvalue weighted by atomic mass is 16.4. The zero-order valence-corrected chi connectivity index (χ0v) is 6.73. The van der Waals surface area contributed by atoms with Crippen molar-refractivity contribution in [2.24, 2.45) is 5.73 Å². The Morgan fingerprint density at radius 2 is 1.75 bits per heavy atom. The van der Waals surface area contributed by atoms with Crippen LogP contribution in [0.25, 0.3) is 0 Å². The molecule has 0 aromatic heterocycles. The van der Waals surface area contributed by atoms with Crippen molar-refractivity contribution in [2.75, 3.05) is 6.61 Å². The summed E-state index contributed by atoms with van der Waals surface area (Å²) in [7, 11) is 0. The van der Waals surface area contributed by atoms with E-state index in [2.05, 4.69) is 0 Å². The van der Waals surface area contributed by atoms with Crippen LogP contribution in [0, 0.1) is 0 Å². The number of aliphatic hydroxyl groups is 1. The van der Waals surface area contributed by atoms with Crippen LogP contribution in [-0.2, 0) is 9.59 Å². The number of aliphatic hydroxyl groups excluding tert-OH is 1. The monoisotopic (exact) mass is 179 g/mol. The average molecular weight is 179 g/mol. The molecule has 0 saturated heterocycles. The fourth-order valence-electron chi connectivity index (χ4n) is 0.275. The summed E-state index contributed by atoms with van der Waals surface area (Å²) in [4.78, 5) is 19.6. The number of carboxylic acids is 2. The summed E-state index contributed by atoms with van der Waals surface area (Å²) in [5.74, 6) is -2.50.